The Morgan fingerprint density at radius 2 is 1.95 bits per heavy atom. The first-order valence-corrected chi connectivity index (χ1v) is 8.50. The molecular weight excluding hydrogens is 373 g/mol. The molecule has 0 radical (unpaired) electrons. The van der Waals surface area contributed by atoms with Crippen molar-refractivity contribution in [3.63, 3.8) is 0 Å². The van der Waals surface area contributed by atoms with Crippen molar-refractivity contribution in [2.75, 3.05) is 6.54 Å². The standard InChI is InChI=1S/C15H18BrCl2N3/c1-3-19-14(15-11(16)9-20-21(15)4-2)8-10-12(17)6-5-7-13(10)18/h5-7,9,14,19H,3-4,8H2,1-2H3. The van der Waals surface area contributed by atoms with Gasteiger partial charge in [0.1, 0.15) is 0 Å². The van der Waals surface area contributed by atoms with E-state index in [0.29, 0.717) is 10.0 Å². The molecule has 1 unspecified atom stereocenters. The average molecular weight is 391 g/mol. The third-order valence-corrected chi connectivity index (χ3v) is 4.70. The number of hydrogen-bond donors (Lipinski definition) is 1. The first-order chi connectivity index (χ1) is 10.1. The summed E-state index contributed by atoms with van der Waals surface area (Å²) in [7, 11) is 0. The van der Waals surface area contributed by atoms with E-state index in [9.17, 15) is 0 Å². The van der Waals surface area contributed by atoms with E-state index in [1.54, 1.807) is 0 Å². The highest BCUT2D eigenvalue weighted by atomic mass is 79.9. The maximum Gasteiger partial charge on any atom is 0.0698 e. The van der Waals surface area contributed by atoms with Gasteiger partial charge in [0.25, 0.3) is 0 Å². The predicted molar refractivity (Wildman–Crippen MR) is 92.2 cm³/mol. The van der Waals surface area contributed by atoms with E-state index in [1.807, 2.05) is 29.1 Å². The van der Waals surface area contributed by atoms with Crippen LogP contribution in [0.5, 0.6) is 0 Å². The maximum absolute atomic E-state index is 6.30. The molecule has 1 N–H and O–H groups in total. The molecule has 1 aromatic heterocycles. The SMILES string of the molecule is CCNC(Cc1c(Cl)cccc1Cl)c1c(Br)cnn1CC. The van der Waals surface area contributed by atoms with Gasteiger partial charge in [0, 0.05) is 16.6 Å². The van der Waals surface area contributed by atoms with Gasteiger partial charge < -0.3 is 5.32 Å². The number of rotatable bonds is 6. The zero-order valence-electron chi connectivity index (χ0n) is 12.0. The number of halogens is 3. The minimum atomic E-state index is 0.101. The number of aromatic nitrogens is 2. The number of hydrogen-bond acceptors (Lipinski definition) is 2. The Labute approximate surface area is 143 Å². The number of aryl methyl sites for hydroxylation is 1. The predicted octanol–water partition coefficient (Wildman–Crippen LogP) is 4.87. The van der Waals surface area contributed by atoms with Gasteiger partial charge in [-0.1, -0.05) is 36.2 Å². The first-order valence-electron chi connectivity index (χ1n) is 6.95. The summed E-state index contributed by atoms with van der Waals surface area (Å²) in [5.74, 6) is 0. The largest absolute Gasteiger partial charge is 0.309 e. The van der Waals surface area contributed by atoms with Gasteiger partial charge >= 0.3 is 0 Å². The van der Waals surface area contributed by atoms with Gasteiger partial charge in [-0.05, 0) is 53.5 Å². The smallest absolute Gasteiger partial charge is 0.0698 e. The number of nitrogens with zero attached hydrogens (tertiary/aromatic N) is 2. The molecule has 114 valence electrons. The second-order valence-electron chi connectivity index (χ2n) is 4.71. The summed E-state index contributed by atoms with van der Waals surface area (Å²) in [6, 6.07) is 5.71. The van der Waals surface area contributed by atoms with E-state index in [1.165, 1.54) is 0 Å². The molecule has 2 rings (SSSR count). The van der Waals surface area contributed by atoms with E-state index >= 15 is 0 Å². The van der Waals surface area contributed by atoms with Gasteiger partial charge in [-0.2, -0.15) is 5.10 Å². The highest BCUT2D eigenvalue weighted by Crippen LogP contribution is 2.32. The van der Waals surface area contributed by atoms with E-state index < -0.39 is 0 Å². The van der Waals surface area contributed by atoms with Gasteiger partial charge in [0.15, 0.2) is 0 Å². The van der Waals surface area contributed by atoms with E-state index in [2.05, 4.69) is 40.2 Å². The van der Waals surface area contributed by atoms with Gasteiger partial charge in [-0.15, -0.1) is 0 Å². The summed E-state index contributed by atoms with van der Waals surface area (Å²) in [6.07, 6.45) is 2.55. The lowest BCUT2D eigenvalue weighted by Crippen LogP contribution is -2.26. The van der Waals surface area contributed by atoms with Crippen LogP contribution < -0.4 is 5.32 Å². The molecule has 2 aromatic rings. The maximum atomic E-state index is 6.30. The Kier molecular flexibility index (Phi) is 6.11. The van der Waals surface area contributed by atoms with Crippen molar-refractivity contribution in [3.8, 4) is 0 Å². The molecule has 0 spiro atoms. The van der Waals surface area contributed by atoms with Crippen LogP contribution in [-0.4, -0.2) is 16.3 Å². The quantitative estimate of drug-likeness (QED) is 0.762. The molecule has 0 aliphatic rings. The minimum absolute atomic E-state index is 0.101. The average Bonchev–Trinajstić information content (AvgIpc) is 2.83. The summed E-state index contributed by atoms with van der Waals surface area (Å²) in [6.45, 7) is 5.84. The first kappa shape index (κ1) is 16.8. The van der Waals surface area contributed by atoms with Crippen molar-refractivity contribution in [2.24, 2.45) is 0 Å². The topological polar surface area (TPSA) is 29.9 Å². The van der Waals surface area contributed by atoms with E-state index in [-0.39, 0.29) is 6.04 Å². The molecule has 3 nitrogen and oxygen atoms in total. The van der Waals surface area contributed by atoms with Gasteiger partial charge in [0.2, 0.25) is 0 Å². The van der Waals surface area contributed by atoms with Crippen LogP contribution in [0.25, 0.3) is 0 Å². The lowest BCUT2D eigenvalue weighted by Gasteiger charge is -2.21. The molecule has 6 heteroatoms. The normalized spacial score (nSPS) is 12.6. The third-order valence-electron chi connectivity index (χ3n) is 3.38. The lowest BCUT2D eigenvalue weighted by atomic mass is 10.0. The Morgan fingerprint density at radius 3 is 2.52 bits per heavy atom. The van der Waals surface area contributed by atoms with Crippen LogP contribution in [0.3, 0.4) is 0 Å². The van der Waals surface area contributed by atoms with Crippen LogP contribution in [0, 0.1) is 0 Å². The highest BCUT2D eigenvalue weighted by molar-refractivity contribution is 9.10. The Bertz CT molecular complexity index is 593. The zero-order chi connectivity index (χ0) is 15.4. The number of nitrogens with one attached hydrogen (secondary N) is 1. The molecule has 0 aliphatic carbocycles. The second-order valence-corrected chi connectivity index (χ2v) is 6.38. The Balaban J connectivity index is 2.38. The lowest BCUT2D eigenvalue weighted by molar-refractivity contribution is 0.489. The van der Waals surface area contributed by atoms with Crippen molar-refractivity contribution in [1.29, 1.82) is 0 Å². The summed E-state index contributed by atoms with van der Waals surface area (Å²) in [4.78, 5) is 0. The van der Waals surface area contributed by atoms with Crippen LogP contribution in [-0.2, 0) is 13.0 Å². The monoisotopic (exact) mass is 389 g/mol. The van der Waals surface area contributed by atoms with Gasteiger partial charge in [0.05, 0.1) is 22.4 Å². The van der Waals surface area contributed by atoms with Crippen LogP contribution in [0.4, 0.5) is 0 Å². The van der Waals surface area contributed by atoms with Gasteiger partial charge in [-0.25, -0.2) is 0 Å². The molecule has 0 amide bonds. The molecule has 21 heavy (non-hydrogen) atoms. The summed E-state index contributed by atoms with van der Waals surface area (Å²) < 4.78 is 2.99. The van der Waals surface area contributed by atoms with Crippen molar-refractivity contribution < 1.29 is 0 Å². The molecule has 1 atom stereocenters. The van der Waals surface area contributed by atoms with E-state index in [4.69, 9.17) is 23.2 Å². The van der Waals surface area contributed by atoms with E-state index in [0.717, 1.165) is 35.2 Å². The molecule has 0 saturated carbocycles. The molecule has 0 aliphatic heterocycles. The van der Waals surface area contributed by atoms with Crippen molar-refractivity contribution in [2.45, 2.75) is 32.9 Å². The molecule has 0 bridgehead atoms. The molecule has 0 saturated heterocycles. The second kappa shape index (κ2) is 7.63. The Hall–Kier alpha value is -0.550. The van der Waals surface area contributed by atoms with Crippen LogP contribution >= 0.6 is 39.1 Å². The molecular formula is C15H18BrCl2N3. The van der Waals surface area contributed by atoms with Crippen molar-refractivity contribution >= 4 is 39.1 Å². The summed E-state index contributed by atoms with van der Waals surface area (Å²) in [5, 5.41) is 9.28. The summed E-state index contributed by atoms with van der Waals surface area (Å²) in [5.41, 5.74) is 2.08. The number of benzene rings is 1. The van der Waals surface area contributed by atoms with Crippen LogP contribution in [0.2, 0.25) is 10.0 Å². The zero-order valence-corrected chi connectivity index (χ0v) is 15.1. The van der Waals surface area contributed by atoms with Gasteiger partial charge in [-0.3, -0.25) is 4.68 Å². The third kappa shape index (κ3) is 3.81. The molecule has 0 fully saturated rings. The molecule has 1 aromatic carbocycles. The van der Waals surface area contributed by atoms with Crippen LogP contribution in [0.15, 0.2) is 28.9 Å². The highest BCUT2D eigenvalue weighted by Gasteiger charge is 2.21. The minimum Gasteiger partial charge on any atom is -0.309 e. The number of likely N-dealkylation sites (N-methyl/N-ethyl adjacent to an activating group) is 1. The summed E-state index contributed by atoms with van der Waals surface area (Å²) >= 11 is 16.2. The van der Waals surface area contributed by atoms with Crippen molar-refractivity contribution in [3.05, 3.63) is 50.2 Å². The fourth-order valence-corrected chi connectivity index (χ4v) is 3.54. The van der Waals surface area contributed by atoms with Crippen molar-refractivity contribution in [1.82, 2.24) is 15.1 Å². The van der Waals surface area contributed by atoms with Crippen LogP contribution in [0.1, 0.15) is 31.1 Å². The Morgan fingerprint density at radius 1 is 1.29 bits per heavy atom. The molecule has 1 heterocycles. The fourth-order valence-electron chi connectivity index (χ4n) is 2.41. The fraction of sp³-hybridized carbons (Fsp3) is 0.400.